The number of benzene rings is 1. The lowest BCUT2D eigenvalue weighted by molar-refractivity contribution is 0.0254. The molecule has 1 fully saturated rings. The number of hydrogen-bond donors (Lipinski definition) is 1. The molecule has 1 amide bonds. The van der Waals surface area contributed by atoms with E-state index in [1.165, 1.54) is 0 Å². The molecule has 1 saturated heterocycles. The predicted octanol–water partition coefficient (Wildman–Crippen LogP) is 3.34. The van der Waals surface area contributed by atoms with Crippen LogP contribution in [-0.2, 0) is 4.74 Å². The molecule has 1 aromatic heterocycles. The SMILES string of the molecule is COc1ccccc1-c1cnc2c(c1)C(=O)N([C@H](C)CO)C[C@H](C)[C@@H](CN(C)CC1CCOCC1)O2. The Morgan fingerprint density at radius 3 is 2.69 bits per heavy atom. The van der Waals surface area contributed by atoms with Crippen LogP contribution in [-0.4, -0.2) is 91.6 Å². The number of nitrogens with zero attached hydrogens (tertiary/aromatic N) is 3. The molecule has 0 spiro atoms. The number of aromatic nitrogens is 1. The van der Waals surface area contributed by atoms with Gasteiger partial charge >= 0.3 is 0 Å². The number of carbonyl (C=O) groups excluding carboxylic acids is 1. The van der Waals surface area contributed by atoms with Gasteiger partial charge in [-0.1, -0.05) is 25.1 Å². The second-order valence-electron chi connectivity index (χ2n) is 10.2. The van der Waals surface area contributed by atoms with Gasteiger partial charge in [-0.2, -0.15) is 0 Å². The van der Waals surface area contributed by atoms with Gasteiger partial charge in [-0.15, -0.1) is 0 Å². The fourth-order valence-corrected chi connectivity index (χ4v) is 5.10. The molecule has 1 N–H and O–H groups in total. The molecule has 1 aromatic carbocycles. The molecule has 0 aliphatic carbocycles. The predicted molar refractivity (Wildman–Crippen MR) is 138 cm³/mol. The maximum absolute atomic E-state index is 13.7. The fraction of sp³-hybridized carbons (Fsp3) is 0.571. The van der Waals surface area contributed by atoms with Crippen molar-refractivity contribution in [2.24, 2.45) is 11.8 Å². The van der Waals surface area contributed by atoms with E-state index in [9.17, 15) is 9.90 Å². The average Bonchev–Trinajstić information content (AvgIpc) is 2.90. The van der Waals surface area contributed by atoms with E-state index in [1.54, 1.807) is 18.2 Å². The van der Waals surface area contributed by atoms with E-state index in [0.717, 1.165) is 50.3 Å². The number of pyridine rings is 1. The van der Waals surface area contributed by atoms with Crippen LogP contribution in [0.25, 0.3) is 11.1 Å². The number of aliphatic hydroxyl groups excluding tert-OH is 1. The average molecular weight is 498 g/mol. The van der Waals surface area contributed by atoms with Crippen LogP contribution < -0.4 is 9.47 Å². The van der Waals surface area contributed by atoms with E-state index in [2.05, 4.69) is 23.9 Å². The number of methoxy groups -OCH3 is 1. The molecule has 0 saturated carbocycles. The molecule has 2 aliphatic heterocycles. The lowest BCUT2D eigenvalue weighted by atomic mass is 9.97. The zero-order valence-corrected chi connectivity index (χ0v) is 21.9. The smallest absolute Gasteiger partial charge is 0.259 e. The van der Waals surface area contributed by atoms with Crippen LogP contribution in [0.3, 0.4) is 0 Å². The number of likely N-dealkylation sites (N-methyl/N-ethyl adjacent to an activating group) is 1. The highest BCUT2D eigenvalue weighted by atomic mass is 16.5. The van der Waals surface area contributed by atoms with Crippen LogP contribution in [0.4, 0.5) is 0 Å². The Hall–Kier alpha value is -2.68. The minimum absolute atomic E-state index is 0.0592. The van der Waals surface area contributed by atoms with E-state index >= 15 is 0 Å². The molecule has 196 valence electrons. The van der Waals surface area contributed by atoms with Gasteiger partial charge in [-0.3, -0.25) is 4.79 Å². The second-order valence-corrected chi connectivity index (χ2v) is 10.2. The Balaban J connectivity index is 1.64. The van der Waals surface area contributed by atoms with Crippen LogP contribution in [0, 0.1) is 11.8 Å². The number of fused-ring (bicyclic) bond motifs is 1. The highest BCUT2D eigenvalue weighted by molar-refractivity contribution is 5.98. The van der Waals surface area contributed by atoms with Crippen molar-refractivity contribution in [3.63, 3.8) is 0 Å². The summed E-state index contributed by atoms with van der Waals surface area (Å²) in [6, 6.07) is 9.18. The maximum Gasteiger partial charge on any atom is 0.259 e. The molecule has 3 heterocycles. The summed E-state index contributed by atoms with van der Waals surface area (Å²) in [5.74, 6) is 1.54. The summed E-state index contributed by atoms with van der Waals surface area (Å²) in [6.45, 7) is 7.73. The van der Waals surface area contributed by atoms with Gasteiger partial charge in [0.25, 0.3) is 5.91 Å². The third-order valence-electron chi connectivity index (χ3n) is 7.34. The lowest BCUT2D eigenvalue weighted by Gasteiger charge is -2.38. The van der Waals surface area contributed by atoms with Gasteiger partial charge in [0.15, 0.2) is 0 Å². The Bertz CT molecular complexity index is 1030. The monoisotopic (exact) mass is 497 g/mol. The first kappa shape index (κ1) is 26.4. The number of carbonyl (C=O) groups is 1. The Morgan fingerprint density at radius 2 is 1.97 bits per heavy atom. The summed E-state index contributed by atoms with van der Waals surface area (Å²) in [5.41, 5.74) is 2.04. The van der Waals surface area contributed by atoms with Gasteiger partial charge < -0.3 is 29.1 Å². The number of rotatable bonds is 8. The van der Waals surface area contributed by atoms with Gasteiger partial charge in [-0.25, -0.2) is 4.98 Å². The Kier molecular flexibility index (Phi) is 8.82. The summed E-state index contributed by atoms with van der Waals surface area (Å²) in [4.78, 5) is 22.4. The van der Waals surface area contributed by atoms with E-state index in [1.807, 2.05) is 37.3 Å². The summed E-state index contributed by atoms with van der Waals surface area (Å²) < 4.78 is 17.5. The summed E-state index contributed by atoms with van der Waals surface area (Å²) in [7, 11) is 3.75. The molecule has 0 unspecified atom stereocenters. The molecule has 2 aromatic rings. The van der Waals surface area contributed by atoms with Crippen molar-refractivity contribution >= 4 is 5.91 Å². The molecule has 0 bridgehead atoms. The number of amides is 1. The topological polar surface area (TPSA) is 84.4 Å². The number of para-hydroxylation sites is 1. The Morgan fingerprint density at radius 1 is 1.22 bits per heavy atom. The minimum atomic E-state index is -0.318. The molecule has 3 atom stereocenters. The third kappa shape index (κ3) is 5.99. The van der Waals surface area contributed by atoms with Crippen LogP contribution in [0.5, 0.6) is 11.6 Å². The van der Waals surface area contributed by atoms with E-state index in [0.29, 0.717) is 29.7 Å². The fourth-order valence-electron chi connectivity index (χ4n) is 5.10. The zero-order valence-electron chi connectivity index (χ0n) is 21.9. The molecule has 36 heavy (non-hydrogen) atoms. The van der Waals surface area contributed by atoms with Crippen molar-refractivity contribution in [1.29, 1.82) is 0 Å². The highest BCUT2D eigenvalue weighted by Gasteiger charge is 2.34. The van der Waals surface area contributed by atoms with Gasteiger partial charge in [0.1, 0.15) is 17.4 Å². The highest BCUT2D eigenvalue weighted by Crippen LogP contribution is 2.34. The quantitative estimate of drug-likeness (QED) is 0.599. The zero-order chi connectivity index (χ0) is 25.7. The van der Waals surface area contributed by atoms with Crippen LogP contribution in [0.2, 0.25) is 0 Å². The van der Waals surface area contributed by atoms with Gasteiger partial charge in [0.2, 0.25) is 5.88 Å². The molecular formula is C28H39N3O5. The van der Waals surface area contributed by atoms with Crippen molar-refractivity contribution in [2.75, 3.05) is 53.6 Å². The van der Waals surface area contributed by atoms with Crippen LogP contribution in [0.15, 0.2) is 36.5 Å². The van der Waals surface area contributed by atoms with Crippen LogP contribution in [0.1, 0.15) is 37.0 Å². The van der Waals surface area contributed by atoms with E-state index in [4.69, 9.17) is 14.2 Å². The van der Waals surface area contributed by atoms with Crippen molar-refractivity contribution in [3.8, 4) is 22.8 Å². The Labute approximate surface area is 214 Å². The van der Waals surface area contributed by atoms with Crippen LogP contribution >= 0.6 is 0 Å². The third-order valence-corrected chi connectivity index (χ3v) is 7.34. The first-order valence-electron chi connectivity index (χ1n) is 12.9. The van der Waals surface area contributed by atoms with Crippen molar-refractivity contribution < 1.29 is 24.1 Å². The summed E-state index contributed by atoms with van der Waals surface area (Å²) in [6.07, 6.45) is 3.74. The first-order valence-corrected chi connectivity index (χ1v) is 12.9. The number of hydrogen-bond acceptors (Lipinski definition) is 7. The largest absolute Gasteiger partial charge is 0.496 e. The maximum atomic E-state index is 13.7. The van der Waals surface area contributed by atoms with E-state index in [-0.39, 0.29) is 30.6 Å². The molecule has 2 aliphatic rings. The van der Waals surface area contributed by atoms with Crippen molar-refractivity contribution in [2.45, 2.75) is 38.8 Å². The molecule has 4 rings (SSSR count). The first-order chi connectivity index (χ1) is 17.4. The minimum Gasteiger partial charge on any atom is -0.496 e. The van der Waals surface area contributed by atoms with Crippen molar-refractivity contribution in [3.05, 3.63) is 42.1 Å². The number of ether oxygens (including phenoxy) is 3. The lowest BCUT2D eigenvalue weighted by Crippen LogP contribution is -2.50. The standard InChI is InChI=1S/C28H39N3O5/c1-19-15-31(20(2)18-32)28(33)24-13-22(23-7-5-6-8-25(23)34-4)14-29-27(24)36-26(19)17-30(3)16-21-9-11-35-12-10-21/h5-8,13-14,19-21,26,32H,9-12,15-18H2,1-4H3/t19-,20+,26+/m0/s1. The normalized spacial score (nSPS) is 21.9. The molecule has 8 nitrogen and oxygen atoms in total. The van der Waals surface area contributed by atoms with E-state index < -0.39 is 0 Å². The molecule has 8 heteroatoms. The molecule has 0 radical (unpaired) electrons. The second kappa shape index (κ2) is 12.0. The summed E-state index contributed by atoms with van der Waals surface area (Å²) >= 11 is 0. The van der Waals surface area contributed by atoms with Crippen molar-refractivity contribution in [1.82, 2.24) is 14.8 Å². The van der Waals surface area contributed by atoms with Gasteiger partial charge in [-0.05, 0) is 44.9 Å². The number of aliphatic hydroxyl groups is 1. The summed E-state index contributed by atoms with van der Waals surface area (Å²) in [5, 5.41) is 9.92. The molecular weight excluding hydrogens is 458 g/mol. The van der Waals surface area contributed by atoms with Gasteiger partial charge in [0, 0.05) is 56.1 Å². The van der Waals surface area contributed by atoms with Gasteiger partial charge in [0.05, 0.1) is 19.8 Å².